The van der Waals surface area contributed by atoms with Crippen molar-refractivity contribution in [2.24, 2.45) is 17.6 Å². The molecule has 1 saturated heterocycles. The Morgan fingerprint density at radius 2 is 1.88 bits per heavy atom. The summed E-state index contributed by atoms with van der Waals surface area (Å²) in [4.78, 5) is 0. The zero-order valence-electron chi connectivity index (χ0n) is 10.5. The summed E-state index contributed by atoms with van der Waals surface area (Å²) in [5.74, 6) is 1.48. The highest BCUT2D eigenvalue weighted by Gasteiger charge is 2.51. The summed E-state index contributed by atoms with van der Waals surface area (Å²) in [6.07, 6.45) is 4.70. The second kappa shape index (κ2) is 4.28. The van der Waals surface area contributed by atoms with Gasteiger partial charge in [0.05, 0.1) is 17.7 Å². The topological polar surface area (TPSA) is 55.5 Å². The van der Waals surface area contributed by atoms with Crippen LogP contribution in [0.2, 0.25) is 0 Å². The highest BCUT2D eigenvalue weighted by atomic mass is 16.5. The molecule has 3 nitrogen and oxygen atoms in total. The number of aliphatic hydroxyl groups is 1. The van der Waals surface area contributed by atoms with E-state index in [1.165, 1.54) is 0 Å². The predicted molar refractivity (Wildman–Crippen MR) is 64.1 cm³/mol. The molecule has 0 aromatic rings. The van der Waals surface area contributed by atoms with Gasteiger partial charge in [0.1, 0.15) is 0 Å². The van der Waals surface area contributed by atoms with Gasteiger partial charge in [0.2, 0.25) is 0 Å². The van der Waals surface area contributed by atoms with Crippen molar-refractivity contribution >= 4 is 0 Å². The van der Waals surface area contributed by atoms with E-state index in [9.17, 15) is 5.11 Å². The molecular formula is C13H25NO2. The first kappa shape index (κ1) is 12.3. The Kier molecular flexibility index (Phi) is 3.30. The lowest BCUT2D eigenvalue weighted by molar-refractivity contribution is -0.0785. The van der Waals surface area contributed by atoms with Gasteiger partial charge in [0, 0.05) is 6.61 Å². The highest BCUT2D eigenvalue weighted by Crippen LogP contribution is 2.43. The molecule has 2 fully saturated rings. The zero-order valence-corrected chi connectivity index (χ0v) is 10.5. The van der Waals surface area contributed by atoms with Crippen LogP contribution in [0, 0.1) is 11.8 Å². The Morgan fingerprint density at radius 3 is 2.31 bits per heavy atom. The number of nitrogens with two attached hydrogens (primary N) is 1. The van der Waals surface area contributed by atoms with Crippen molar-refractivity contribution in [1.29, 1.82) is 0 Å². The number of hydrogen-bond donors (Lipinski definition) is 2. The Bertz CT molecular complexity index is 238. The molecule has 1 aliphatic carbocycles. The molecule has 1 heterocycles. The Balaban J connectivity index is 2.00. The fourth-order valence-corrected chi connectivity index (χ4v) is 3.23. The van der Waals surface area contributed by atoms with Gasteiger partial charge < -0.3 is 15.6 Å². The Morgan fingerprint density at radius 1 is 1.25 bits per heavy atom. The molecule has 1 unspecified atom stereocenters. The van der Waals surface area contributed by atoms with Gasteiger partial charge in [-0.1, -0.05) is 13.8 Å². The van der Waals surface area contributed by atoms with Crippen molar-refractivity contribution in [2.45, 2.75) is 57.1 Å². The summed E-state index contributed by atoms with van der Waals surface area (Å²) in [6, 6.07) is 0. The molecule has 0 amide bonds. The quantitative estimate of drug-likeness (QED) is 0.754. The largest absolute Gasteiger partial charge is 0.388 e. The smallest absolute Gasteiger partial charge is 0.0850 e. The summed E-state index contributed by atoms with van der Waals surface area (Å²) >= 11 is 0. The number of rotatable bonds is 2. The lowest BCUT2D eigenvalue weighted by Gasteiger charge is -2.46. The predicted octanol–water partition coefficient (Wildman–Crippen LogP) is 1.68. The van der Waals surface area contributed by atoms with Crippen molar-refractivity contribution in [1.82, 2.24) is 0 Å². The molecule has 16 heavy (non-hydrogen) atoms. The molecule has 2 aliphatic rings. The molecular weight excluding hydrogens is 202 g/mol. The van der Waals surface area contributed by atoms with Gasteiger partial charge in [-0.05, 0) is 43.9 Å². The SMILES string of the molecule is CC(C)C1CCC(O)(C2(N)CCOC2)CC1. The molecule has 2 rings (SSSR count). The third-order valence-corrected chi connectivity index (χ3v) is 4.78. The van der Waals surface area contributed by atoms with Crippen LogP contribution >= 0.6 is 0 Å². The van der Waals surface area contributed by atoms with Gasteiger partial charge in [-0.15, -0.1) is 0 Å². The van der Waals surface area contributed by atoms with Gasteiger partial charge in [-0.3, -0.25) is 0 Å². The summed E-state index contributed by atoms with van der Waals surface area (Å²) in [6.45, 7) is 5.76. The molecule has 0 aromatic carbocycles. The van der Waals surface area contributed by atoms with Gasteiger partial charge in [0.15, 0.2) is 0 Å². The molecule has 3 heteroatoms. The van der Waals surface area contributed by atoms with Crippen molar-refractivity contribution < 1.29 is 9.84 Å². The standard InChI is InChI=1S/C13H25NO2/c1-10(2)11-3-5-13(15,6-4-11)12(14)7-8-16-9-12/h10-11,15H,3-9,14H2,1-2H3. The number of hydrogen-bond acceptors (Lipinski definition) is 3. The molecule has 0 spiro atoms. The van der Waals surface area contributed by atoms with Crippen LogP contribution in [-0.2, 0) is 4.74 Å². The summed E-state index contributed by atoms with van der Waals surface area (Å²) in [7, 11) is 0. The van der Waals surface area contributed by atoms with E-state index in [0.717, 1.165) is 43.9 Å². The summed E-state index contributed by atoms with van der Waals surface area (Å²) < 4.78 is 5.37. The van der Waals surface area contributed by atoms with Crippen molar-refractivity contribution in [3.8, 4) is 0 Å². The first-order valence-corrected chi connectivity index (χ1v) is 6.56. The monoisotopic (exact) mass is 227 g/mol. The second-order valence-electron chi connectivity index (χ2n) is 6.07. The first-order chi connectivity index (χ1) is 7.47. The van der Waals surface area contributed by atoms with E-state index < -0.39 is 11.1 Å². The lowest BCUT2D eigenvalue weighted by Crippen LogP contribution is -2.62. The summed E-state index contributed by atoms with van der Waals surface area (Å²) in [5.41, 5.74) is 5.14. The van der Waals surface area contributed by atoms with Crippen LogP contribution in [0.1, 0.15) is 46.0 Å². The molecule has 0 bridgehead atoms. The van der Waals surface area contributed by atoms with Crippen LogP contribution in [0.4, 0.5) is 0 Å². The third-order valence-electron chi connectivity index (χ3n) is 4.78. The second-order valence-corrected chi connectivity index (χ2v) is 6.07. The van der Waals surface area contributed by atoms with E-state index in [0.29, 0.717) is 13.2 Å². The van der Waals surface area contributed by atoms with Crippen LogP contribution in [0.15, 0.2) is 0 Å². The van der Waals surface area contributed by atoms with Gasteiger partial charge in [-0.2, -0.15) is 0 Å². The fraction of sp³-hybridized carbons (Fsp3) is 1.00. The van der Waals surface area contributed by atoms with Crippen LogP contribution in [0.25, 0.3) is 0 Å². The number of ether oxygens (including phenoxy) is 1. The zero-order chi connectivity index (χ0) is 11.8. The van der Waals surface area contributed by atoms with Crippen LogP contribution in [-0.4, -0.2) is 29.5 Å². The normalized spacial score (nSPS) is 45.2. The van der Waals surface area contributed by atoms with Gasteiger partial charge in [0.25, 0.3) is 0 Å². The van der Waals surface area contributed by atoms with E-state index in [-0.39, 0.29) is 0 Å². The maximum absolute atomic E-state index is 10.7. The fourth-order valence-electron chi connectivity index (χ4n) is 3.23. The van der Waals surface area contributed by atoms with Crippen molar-refractivity contribution in [2.75, 3.05) is 13.2 Å². The van der Waals surface area contributed by atoms with Gasteiger partial charge in [-0.25, -0.2) is 0 Å². The highest BCUT2D eigenvalue weighted by molar-refractivity contribution is 5.07. The minimum atomic E-state index is -0.686. The van der Waals surface area contributed by atoms with Crippen LogP contribution in [0.3, 0.4) is 0 Å². The van der Waals surface area contributed by atoms with E-state index in [1.807, 2.05) is 0 Å². The molecule has 1 atom stereocenters. The van der Waals surface area contributed by atoms with Crippen molar-refractivity contribution in [3.63, 3.8) is 0 Å². The van der Waals surface area contributed by atoms with Crippen LogP contribution < -0.4 is 5.73 Å². The molecule has 0 aromatic heterocycles. The van der Waals surface area contributed by atoms with Crippen LogP contribution in [0.5, 0.6) is 0 Å². The van der Waals surface area contributed by atoms with E-state index >= 15 is 0 Å². The molecule has 3 N–H and O–H groups in total. The molecule has 1 saturated carbocycles. The minimum Gasteiger partial charge on any atom is -0.388 e. The maximum atomic E-state index is 10.7. The molecule has 94 valence electrons. The third kappa shape index (κ3) is 2.01. The van der Waals surface area contributed by atoms with E-state index in [1.54, 1.807) is 0 Å². The Labute approximate surface area is 98.4 Å². The Hall–Kier alpha value is -0.120. The maximum Gasteiger partial charge on any atom is 0.0850 e. The molecule has 0 radical (unpaired) electrons. The lowest BCUT2D eigenvalue weighted by atomic mass is 9.66. The van der Waals surface area contributed by atoms with E-state index in [4.69, 9.17) is 10.5 Å². The summed E-state index contributed by atoms with van der Waals surface area (Å²) in [5, 5.41) is 10.7. The minimum absolute atomic E-state index is 0.491. The first-order valence-electron chi connectivity index (χ1n) is 6.56. The average Bonchev–Trinajstić information content (AvgIpc) is 2.67. The van der Waals surface area contributed by atoms with E-state index in [2.05, 4.69) is 13.8 Å². The average molecular weight is 227 g/mol. The van der Waals surface area contributed by atoms with Crippen molar-refractivity contribution in [3.05, 3.63) is 0 Å². The van der Waals surface area contributed by atoms with Gasteiger partial charge >= 0.3 is 0 Å². The molecule has 1 aliphatic heterocycles.